The van der Waals surface area contributed by atoms with Crippen LogP contribution >= 0.6 is 11.3 Å². The summed E-state index contributed by atoms with van der Waals surface area (Å²) in [5.41, 5.74) is 1.63. The zero-order valence-corrected chi connectivity index (χ0v) is 26.4. The van der Waals surface area contributed by atoms with Gasteiger partial charge in [0.25, 0.3) is 5.56 Å². The number of aryl methyl sites for hydroxylation is 2. The van der Waals surface area contributed by atoms with Crippen LogP contribution in [0.2, 0.25) is 0 Å². The summed E-state index contributed by atoms with van der Waals surface area (Å²) in [6.45, 7) is 3.42. The highest BCUT2D eigenvalue weighted by molar-refractivity contribution is 7.15. The van der Waals surface area contributed by atoms with E-state index in [-0.39, 0.29) is 29.8 Å². The summed E-state index contributed by atoms with van der Waals surface area (Å²) in [5.74, 6) is 0.0818. The van der Waals surface area contributed by atoms with E-state index in [9.17, 15) is 14.7 Å². The van der Waals surface area contributed by atoms with Crippen molar-refractivity contribution < 1.29 is 9.90 Å². The minimum atomic E-state index is -1.07. The van der Waals surface area contributed by atoms with Crippen LogP contribution in [0.15, 0.2) is 72.2 Å². The van der Waals surface area contributed by atoms with E-state index in [0.717, 1.165) is 41.6 Å². The van der Waals surface area contributed by atoms with Crippen molar-refractivity contribution in [2.45, 2.75) is 43.9 Å². The molecular weight excluding hydrogens is 588 g/mol. The lowest BCUT2D eigenvalue weighted by molar-refractivity contribution is -0.142. The zero-order valence-electron chi connectivity index (χ0n) is 25.6. The van der Waals surface area contributed by atoms with Gasteiger partial charge >= 0.3 is 0 Å². The summed E-state index contributed by atoms with van der Waals surface area (Å²) >= 11 is 1.69. The number of benzene rings is 1. The third-order valence-corrected chi connectivity index (χ3v) is 10.6. The number of piperidine rings is 2. The molecule has 5 aromatic rings. The van der Waals surface area contributed by atoms with Crippen LogP contribution in [-0.4, -0.2) is 81.5 Å². The number of carbonyl (C=O) groups excluding carboxylic acids is 1. The summed E-state index contributed by atoms with van der Waals surface area (Å²) in [7, 11) is 3.79. The topological polar surface area (TPSA) is 114 Å². The van der Waals surface area contributed by atoms with Crippen molar-refractivity contribution in [1.29, 1.82) is 0 Å². The normalized spacial score (nSPS) is 20.6. The number of likely N-dealkylation sites (tertiary alicyclic amines) is 2. The van der Waals surface area contributed by atoms with E-state index in [2.05, 4.69) is 27.1 Å². The van der Waals surface area contributed by atoms with Crippen molar-refractivity contribution >= 4 is 28.3 Å². The van der Waals surface area contributed by atoms with Gasteiger partial charge in [0.05, 0.1) is 34.6 Å². The van der Waals surface area contributed by atoms with Gasteiger partial charge in [-0.05, 0) is 43.5 Å². The Labute approximate surface area is 265 Å². The van der Waals surface area contributed by atoms with E-state index in [4.69, 9.17) is 4.98 Å². The predicted octanol–water partition coefficient (Wildman–Crippen LogP) is 3.25. The first-order valence-electron chi connectivity index (χ1n) is 15.5. The molecule has 0 radical (unpaired) electrons. The lowest BCUT2D eigenvalue weighted by atomic mass is 9.79. The monoisotopic (exact) mass is 626 g/mol. The molecule has 2 saturated heterocycles. The van der Waals surface area contributed by atoms with Crippen molar-refractivity contribution in [2.24, 2.45) is 20.0 Å². The van der Waals surface area contributed by atoms with Crippen LogP contribution < -0.4 is 5.56 Å². The molecule has 2 aliphatic rings. The first-order valence-corrected chi connectivity index (χ1v) is 16.3. The highest BCUT2D eigenvalue weighted by Gasteiger charge is 2.41. The van der Waals surface area contributed by atoms with E-state index < -0.39 is 5.60 Å². The highest BCUT2D eigenvalue weighted by Crippen LogP contribution is 2.36. The molecule has 12 heteroatoms. The number of nitrogens with zero attached hydrogens (tertiary/aromatic N) is 8. The second kappa shape index (κ2) is 12.0. The fourth-order valence-electron chi connectivity index (χ4n) is 6.95. The molecule has 1 amide bonds. The molecule has 0 aliphatic carbocycles. The van der Waals surface area contributed by atoms with Gasteiger partial charge in [-0.1, -0.05) is 30.3 Å². The molecule has 0 spiro atoms. The fourth-order valence-corrected chi connectivity index (χ4v) is 7.97. The molecule has 6 heterocycles. The summed E-state index contributed by atoms with van der Waals surface area (Å²) in [4.78, 5) is 41.7. The number of carbonyl (C=O) groups is 1. The number of amides is 1. The average molecular weight is 627 g/mol. The van der Waals surface area contributed by atoms with Crippen molar-refractivity contribution in [3.05, 3.63) is 88.3 Å². The quantitative estimate of drug-likeness (QED) is 0.295. The number of rotatable bonds is 7. The summed E-state index contributed by atoms with van der Waals surface area (Å²) in [6.07, 6.45) is 8.64. The van der Waals surface area contributed by atoms with E-state index in [1.807, 2.05) is 64.9 Å². The van der Waals surface area contributed by atoms with Gasteiger partial charge in [-0.3, -0.25) is 23.7 Å². The minimum Gasteiger partial charge on any atom is -0.388 e. The molecular formula is C33H38N8O3S. The first kappa shape index (κ1) is 29.6. The number of aromatic nitrogens is 6. The molecule has 2 atom stereocenters. The molecule has 11 nitrogen and oxygen atoms in total. The summed E-state index contributed by atoms with van der Waals surface area (Å²) in [5, 5.41) is 17.3. The van der Waals surface area contributed by atoms with Gasteiger partial charge in [-0.15, -0.1) is 11.3 Å². The number of thiazole rings is 1. The lowest BCUT2D eigenvalue weighted by Crippen LogP contribution is -2.53. The maximum Gasteiger partial charge on any atom is 0.262 e. The van der Waals surface area contributed by atoms with Crippen LogP contribution in [0.3, 0.4) is 0 Å². The fraction of sp³-hybridized carbons (Fsp3) is 0.424. The van der Waals surface area contributed by atoms with Gasteiger partial charge in [0.2, 0.25) is 5.91 Å². The molecule has 2 aliphatic heterocycles. The standard InChI is InChI=1S/C33H38N8O3S/c1-37-14-9-25-30(37)35-22-41(32(25)43)21-33(44)11-16-40(17-12-33)31(42)24-10-15-39(19-26(24)23-6-4-3-5-7-23)20-29-34-18-28(45-29)27-8-13-36-38(27)2/h3-9,13-14,18,22,24,26,44H,10-12,15-17,19-21H2,1-2H3/t24-,26+/m1/s1. The second-order valence-electron chi connectivity index (χ2n) is 12.5. The van der Waals surface area contributed by atoms with Crippen LogP contribution in [0.4, 0.5) is 0 Å². The Morgan fingerprint density at radius 1 is 1.07 bits per heavy atom. The molecule has 7 rings (SSSR count). The van der Waals surface area contributed by atoms with Crippen LogP contribution in [-0.2, 0) is 32.0 Å². The van der Waals surface area contributed by atoms with E-state index in [1.54, 1.807) is 23.6 Å². The molecule has 1 aromatic carbocycles. The molecule has 0 bridgehead atoms. The highest BCUT2D eigenvalue weighted by atomic mass is 32.1. The van der Waals surface area contributed by atoms with E-state index >= 15 is 0 Å². The molecule has 45 heavy (non-hydrogen) atoms. The van der Waals surface area contributed by atoms with Crippen LogP contribution in [0.5, 0.6) is 0 Å². The van der Waals surface area contributed by atoms with Crippen molar-refractivity contribution in [3.63, 3.8) is 0 Å². The van der Waals surface area contributed by atoms with Gasteiger partial charge in [-0.2, -0.15) is 5.10 Å². The van der Waals surface area contributed by atoms with Crippen molar-refractivity contribution in [3.8, 4) is 10.6 Å². The lowest BCUT2D eigenvalue weighted by Gasteiger charge is -2.43. The smallest absolute Gasteiger partial charge is 0.262 e. The Morgan fingerprint density at radius 3 is 2.62 bits per heavy atom. The van der Waals surface area contributed by atoms with Gasteiger partial charge < -0.3 is 14.6 Å². The predicted molar refractivity (Wildman–Crippen MR) is 173 cm³/mol. The van der Waals surface area contributed by atoms with Gasteiger partial charge in [0.15, 0.2) is 0 Å². The molecule has 0 unspecified atom stereocenters. The summed E-state index contributed by atoms with van der Waals surface area (Å²) in [6, 6.07) is 14.1. The van der Waals surface area contributed by atoms with Crippen molar-refractivity contribution in [2.75, 3.05) is 26.2 Å². The Morgan fingerprint density at radius 2 is 1.87 bits per heavy atom. The van der Waals surface area contributed by atoms with Gasteiger partial charge in [-0.25, -0.2) is 9.97 Å². The third kappa shape index (κ3) is 5.85. The largest absolute Gasteiger partial charge is 0.388 e. The summed E-state index contributed by atoms with van der Waals surface area (Å²) < 4.78 is 5.18. The number of fused-ring (bicyclic) bond motifs is 1. The van der Waals surface area contributed by atoms with Gasteiger partial charge in [0, 0.05) is 64.2 Å². The second-order valence-corrected chi connectivity index (χ2v) is 13.6. The third-order valence-electron chi connectivity index (χ3n) is 9.55. The maximum absolute atomic E-state index is 14.1. The molecule has 2 fully saturated rings. The Balaban J connectivity index is 1.02. The van der Waals surface area contributed by atoms with Crippen molar-refractivity contribution in [1.82, 2.24) is 38.7 Å². The van der Waals surface area contributed by atoms with Crippen LogP contribution in [0, 0.1) is 5.92 Å². The number of aliphatic hydroxyl groups is 1. The zero-order chi connectivity index (χ0) is 31.1. The average Bonchev–Trinajstić information content (AvgIpc) is 3.79. The van der Waals surface area contributed by atoms with E-state index in [1.165, 1.54) is 16.5 Å². The van der Waals surface area contributed by atoms with Gasteiger partial charge in [0.1, 0.15) is 17.0 Å². The molecule has 4 aromatic heterocycles. The Bertz CT molecular complexity index is 1870. The first-order chi connectivity index (χ1) is 21.8. The van der Waals surface area contributed by atoms with E-state index in [0.29, 0.717) is 37.0 Å². The SMILES string of the molecule is Cn1nccc1-c1cnc(CN2CC[C@@H](C(=O)N3CCC(O)(Cn4cnc5c(ccn5C)c4=O)CC3)[C@H](c3ccccc3)C2)s1. The Hall–Kier alpha value is -4.13. The molecule has 1 N–H and O–H groups in total. The van der Waals surface area contributed by atoms with Crippen LogP contribution in [0.25, 0.3) is 21.6 Å². The number of hydrogen-bond acceptors (Lipinski definition) is 8. The molecule has 234 valence electrons. The number of hydrogen-bond donors (Lipinski definition) is 1. The Kier molecular flexibility index (Phi) is 7.88. The van der Waals surface area contributed by atoms with Crippen LogP contribution in [0.1, 0.15) is 35.8 Å². The maximum atomic E-state index is 14.1. The minimum absolute atomic E-state index is 0.0621. The molecule has 0 saturated carbocycles.